The largest absolute Gasteiger partial charge is 0.458 e. The molecule has 0 spiro atoms. The number of rotatable bonds is 8. The van der Waals surface area contributed by atoms with Crippen molar-refractivity contribution >= 4 is 17.9 Å². The molecule has 204 valence electrons. The zero-order chi connectivity index (χ0) is 29.1. The molecule has 4 rings (SSSR count). The summed E-state index contributed by atoms with van der Waals surface area (Å²) >= 11 is 0. The lowest BCUT2D eigenvalue weighted by Gasteiger charge is -2.15. The number of carbonyl (C=O) groups is 3. The van der Waals surface area contributed by atoms with Crippen LogP contribution in [0.25, 0.3) is 22.3 Å². The Bertz CT molecular complexity index is 1580. The highest BCUT2D eigenvalue weighted by atomic mass is 16.6. The Kier molecular flexibility index (Phi) is 8.19. The molecule has 1 aliphatic carbocycles. The molecule has 1 aliphatic rings. The fourth-order valence-corrected chi connectivity index (χ4v) is 4.49. The smallest absolute Gasteiger partial charge is 0.338 e. The van der Waals surface area contributed by atoms with Gasteiger partial charge in [0.25, 0.3) is 0 Å². The highest BCUT2D eigenvalue weighted by Gasteiger charge is 2.25. The lowest BCUT2D eigenvalue weighted by Crippen LogP contribution is -2.18. The van der Waals surface area contributed by atoms with Gasteiger partial charge in [-0.05, 0) is 73.2 Å². The third kappa shape index (κ3) is 6.29. The summed E-state index contributed by atoms with van der Waals surface area (Å²) in [5.41, 5.74) is 7.80. The van der Waals surface area contributed by atoms with Crippen LogP contribution in [0.1, 0.15) is 37.5 Å². The molecule has 3 aromatic rings. The molecule has 0 saturated heterocycles. The normalized spacial score (nSPS) is 13.7. The molecule has 1 atom stereocenters. The first-order chi connectivity index (χ1) is 18.9. The summed E-state index contributed by atoms with van der Waals surface area (Å²) in [5, 5.41) is 0. The summed E-state index contributed by atoms with van der Waals surface area (Å²) in [4.78, 5) is 36.4. The van der Waals surface area contributed by atoms with E-state index in [9.17, 15) is 14.4 Å². The summed E-state index contributed by atoms with van der Waals surface area (Å²) in [5.74, 6) is -1.02. The Labute approximate surface area is 234 Å². The van der Waals surface area contributed by atoms with Crippen LogP contribution in [0.3, 0.4) is 0 Å². The van der Waals surface area contributed by atoms with Gasteiger partial charge in [0.15, 0.2) is 0 Å². The average Bonchev–Trinajstić information content (AvgIpc) is 3.30. The van der Waals surface area contributed by atoms with E-state index in [0.717, 1.165) is 27.8 Å². The predicted molar refractivity (Wildman–Crippen MR) is 155 cm³/mol. The van der Waals surface area contributed by atoms with E-state index in [-0.39, 0.29) is 34.7 Å². The molecule has 0 heterocycles. The van der Waals surface area contributed by atoms with E-state index in [1.165, 1.54) is 11.6 Å². The van der Waals surface area contributed by atoms with E-state index in [4.69, 9.17) is 14.2 Å². The van der Waals surface area contributed by atoms with Crippen molar-refractivity contribution in [3.05, 3.63) is 108 Å². The van der Waals surface area contributed by atoms with Crippen LogP contribution in [0.15, 0.2) is 91.1 Å². The fraction of sp³-hybridized carbons (Fsp3) is 0.206. The highest BCUT2D eigenvalue weighted by Crippen LogP contribution is 2.38. The van der Waals surface area contributed by atoms with Gasteiger partial charge in [-0.3, -0.25) is 0 Å². The van der Waals surface area contributed by atoms with Gasteiger partial charge < -0.3 is 14.2 Å². The molecule has 3 aromatic carbocycles. The van der Waals surface area contributed by atoms with Crippen molar-refractivity contribution < 1.29 is 28.6 Å². The van der Waals surface area contributed by atoms with Crippen LogP contribution in [0.2, 0.25) is 0 Å². The standard InChI is InChI=1S/C34H32O6/c1-19(2)32(35)38-27-11-13-30(31(18-27)40-34(37)21(5)6)29-12-10-23(14-22(29)7)24-8-9-25-16-28(17-26(25)15-24)39-33(36)20(3)4/h8-15,18,28H,1,3,5,16-17H2,2,4,6-7H3. The Morgan fingerprint density at radius 2 is 1.25 bits per heavy atom. The van der Waals surface area contributed by atoms with Gasteiger partial charge >= 0.3 is 17.9 Å². The Morgan fingerprint density at radius 1 is 0.675 bits per heavy atom. The number of ether oxygens (including phenoxy) is 3. The van der Waals surface area contributed by atoms with Crippen molar-refractivity contribution in [3.8, 4) is 33.8 Å². The molecule has 0 N–H and O–H groups in total. The third-order valence-electron chi connectivity index (χ3n) is 6.64. The van der Waals surface area contributed by atoms with E-state index in [1.807, 2.05) is 19.1 Å². The van der Waals surface area contributed by atoms with E-state index >= 15 is 0 Å². The minimum Gasteiger partial charge on any atom is -0.458 e. The summed E-state index contributed by atoms with van der Waals surface area (Å²) in [7, 11) is 0. The van der Waals surface area contributed by atoms with Crippen LogP contribution in [-0.2, 0) is 32.0 Å². The van der Waals surface area contributed by atoms with Crippen molar-refractivity contribution in [1.29, 1.82) is 0 Å². The first-order valence-corrected chi connectivity index (χ1v) is 12.9. The second-order valence-corrected chi connectivity index (χ2v) is 10.2. The molecule has 0 fully saturated rings. The van der Waals surface area contributed by atoms with Gasteiger partial charge in [-0.2, -0.15) is 0 Å². The molecule has 0 saturated carbocycles. The van der Waals surface area contributed by atoms with Crippen molar-refractivity contribution in [1.82, 2.24) is 0 Å². The van der Waals surface area contributed by atoms with Crippen molar-refractivity contribution in [2.24, 2.45) is 0 Å². The summed E-state index contributed by atoms with van der Waals surface area (Å²) in [6.45, 7) is 17.7. The summed E-state index contributed by atoms with van der Waals surface area (Å²) < 4.78 is 16.5. The summed E-state index contributed by atoms with van der Waals surface area (Å²) in [6.07, 6.45) is 1.17. The minimum atomic E-state index is -0.579. The molecule has 6 nitrogen and oxygen atoms in total. The Morgan fingerprint density at radius 3 is 1.90 bits per heavy atom. The van der Waals surface area contributed by atoms with Crippen LogP contribution in [0.5, 0.6) is 11.5 Å². The molecular weight excluding hydrogens is 504 g/mol. The molecule has 0 radical (unpaired) electrons. The van der Waals surface area contributed by atoms with E-state index in [0.29, 0.717) is 24.0 Å². The number of fused-ring (bicyclic) bond motifs is 1. The number of hydrogen-bond donors (Lipinski definition) is 0. The predicted octanol–water partition coefficient (Wildman–Crippen LogP) is 6.88. The second-order valence-electron chi connectivity index (χ2n) is 10.2. The van der Waals surface area contributed by atoms with Gasteiger partial charge in [-0.25, -0.2) is 14.4 Å². The number of esters is 3. The monoisotopic (exact) mass is 536 g/mol. The lowest BCUT2D eigenvalue weighted by atomic mass is 9.94. The van der Waals surface area contributed by atoms with Gasteiger partial charge in [-0.1, -0.05) is 56.1 Å². The second kappa shape index (κ2) is 11.6. The van der Waals surface area contributed by atoms with Crippen LogP contribution < -0.4 is 9.47 Å². The zero-order valence-electron chi connectivity index (χ0n) is 23.3. The third-order valence-corrected chi connectivity index (χ3v) is 6.64. The van der Waals surface area contributed by atoms with E-state index in [1.54, 1.807) is 32.9 Å². The van der Waals surface area contributed by atoms with Crippen molar-refractivity contribution in [3.63, 3.8) is 0 Å². The first kappa shape index (κ1) is 28.3. The molecule has 0 bridgehead atoms. The number of aryl methyl sites for hydroxylation is 1. The SMILES string of the molecule is C=C(C)C(=O)Oc1ccc(-c2ccc(-c3ccc4c(c3)CC(OC(=O)C(=C)C)C4)cc2C)c(OC(=O)C(=C)C)c1. The quantitative estimate of drug-likeness (QED) is 0.177. The van der Waals surface area contributed by atoms with Gasteiger partial charge in [0.1, 0.15) is 17.6 Å². The van der Waals surface area contributed by atoms with Gasteiger partial charge in [0.2, 0.25) is 0 Å². The molecule has 0 amide bonds. The summed E-state index contributed by atoms with van der Waals surface area (Å²) in [6, 6.07) is 17.3. The first-order valence-electron chi connectivity index (χ1n) is 12.9. The van der Waals surface area contributed by atoms with Crippen molar-refractivity contribution in [2.45, 2.75) is 46.6 Å². The lowest BCUT2D eigenvalue weighted by molar-refractivity contribution is -0.143. The number of benzene rings is 3. The molecule has 0 aliphatic heterocycles. The van der Waals surface area contributed by atoms with Crippen LogP contribution in [0.4, 0.5) is 0 Å². The maximum atomic E-state index is 12.4. The number of carbonyl (C=O) groups excluding carboxylic acids is 3. The maximum Gasteiger partial charge on any atom is 0.338 e. The maximum absolute atomic E-state index is 12.4. The van der Waals surface area contributed by atoms with Crippen LogP contribution in [0, 0.1) is 6.92 Å². The fourth-order valence-electron chi connectivity index (χ4n) is 4.49. The highest BCUT2D eigenvalue weighted by molar-refractivity contribution is 5.91. The Balaban J connectivity index is 1.63. The van der Waals surface area contributed by atoms with E-state index in [2.05, 4.69) is 44.0 Å². The Hall–Kier alpha value is -4.71. The zero-order valence-corrected chi connectivity index (χ0v) is 23.3. The van der Waals surface area contributed by atoms with E-state index < -0.39 is 11.9 Å². The van der Waals surface area contributed by atoms with Gasteiger partial charge in [0, 0.05) is 41.2 Å². The minimum absolute atomic E-state index is 0.184. The van der Waals surface area contributed by atoms with Crippen LogP contribution >= 0.6 is 0 Å². The average molecular weight is 537 g/mol. The molecule has 40 heavy (non-hydrogen) atoms. The molecule has 0 aromatic heterocycles. The topological polar surface area (TPSA) is 78.9 Å². The molecular formula is C34H32O6. The number of hydrogen-bond acceptors (Lipinski definition) is 6. The van der Waals surface area contributed by atoms with Crippen molar-refractivity contribution in [2.75, 3.05) is 0 Å². The molecule has 6 heteroatoms. The molecule has 1 unspecified atom stereocenters. The van der Waals surface area contributed by atoms with Crippen LogP contribution in [-0.4, -0.2) is 24.0 Å². The van der Waals surface area contributed by atoms with Gasteiger partial charge in [-0.15, -0.1) is 0 Å². The van der Waals surface area contributed by atoms with Gasteiger partial charge in [0.05, 0.1) is 0 Å².